The number of carbonyl (C=O) groups is 2. The van der Waals surface area contributed by atoms with Crippen LogP contribution in [-0.4, -0.2) is 23.0 Å². The lowest BCUT2D eigenvalue weighted by Crippen LogP contribution is -2.19. The Morgan fingerprint density at radius 3 is 2.55 bits per heavy atom. The number of nitrogens with one attached hydrogen (secondary N) is 2. The number of hydrogen-bond donors (Lipinski definition) is 3. The first kappa shape index (κ1) is 14.3. The molecule has 2 atom stereocenters. The van der Waals surface area contributed by atoms with E-state index in [1.165, 1.54) is 12.1 Å². The zero-order chi connectivity index (χ0) is 14.9. The maximum atomic E-state index is 13.3. The second kappa shape index (κ2) is 5.48. The third kappa shape index (κ3) is 3.26. The Balaban J connectivity index is 2.10. The lowest BCUT2D eigenvalue weighted by Gasteiger charge is -2.15. The zero-order valence-electron chi connectivity index (χ0n) is 11.3. The van der Waals surface area contributed by atoms with Gasteiger partial charge in [-0.25, -0.2) is 4.39 Å². The van der Waals surface area contributed by atoms with Gasteiger partial charge in [-0.15, -0.1) is 0 Å². The largest absolute Gasteiger partial charge is 0.481 e. The number of rotatable bonds is 5. The first-order valence-corrected chi connectivity index (χ1v) is 6.48. The van der Waals surface area contributed by atoms with Crippen LogP contribution in [0.2, 0.25) is 0 Å². The Bertz CT molecular complexity index is 545. The molecule has 0 radical (unpaired) electrons. The van der Waals surface area contributed by atoms with Crippen LogP contribution in [0.4, 0.5) is 15.8 Å². The molecule has 0 aromatic heterocycles. The predicted octanol–water partition coefficient (Wildman–Crippen LogP) is 2.31. The second-order valence-electron chi connectivity index (χ2n) is 5.27. The molecule has 1 saturated carbocycles. The van der Waals surface area contributed by atoms with Crippen LogP contribution in [-0.2, 0) is 9.59 Å². The number of carboxylic acid groups (broad SMARTS) is 1. The summed E-state index contributed by atoms with van der Waals surface area (Å²) >= 11 is 0. The van der Waals surface area contributed by atoms with E-state index in [1.807, 2.05) is 13.8 Å². The Hall–Kier alpha value is -2.11. The van der Waals surface area contributed by atoms with Crippen molar-refractivity contribution < 1.29 is 19.1 Å². The van der Waals surface area contributed by atoms with Crippen LogP contribution in [0.15, 0.2) is 18.2 Å². The molecule has 6 heteroatoms. The summed E-state index contributed by atoms with van der Waals surface area (Å²) in [5.74, 6) is -2.95. The van der Waals surface area contributed by atoms with E-state index in [4.69, 9.17) is 5.11 Å². The SMILES string of the molecule is CC(C)Nc1ccc(F)cc1NC(=O)C1CC1C(=O)O. The number of anilines is 2. The summed E-state index contributed by atoms with van der Waals surface area (Å²) in [6, 6.07) is 4.20. The molecule has 1 fully saturated rings. The molecule has 1 aliphatic carbocycles. The monoisotopic (exact) mass is 280 g/mol. The fraction of sp³-hybridized carbons (Fsp3) is 0.429. The number of aliphatic carboxylic acids is 1. The van der Waals surface area contributed by atoms with Crippen LogP contribution >= 0.6 is 0 Å². The number of amides is 1. The van der Waals surface area contributed by atoms with Gasteiger partial charge in [0.15, 0.2) is 0 Å². The van der Waals surface area contributed by atoms with Crippen molar-refractivity contribution >= 4 is 23.3 Å². The average molecular weight is 280 g/mol. The summed E-state index contributed by atoms with van der Waals surface area (Å²) in [6.07, 6.45) is 0.337. The van der Waals surface area contributed by atoms with Crippen molar-refractivity contribution in [2.24, 2.45) is 11.8 Å². The van der Waals surface area contributed by atoms with Gasteiger partial charge < -0.3 is 15.7 Å². The minimum absolute atomic E-state index is 0.129. The first-order valence-electron chi connectivity index (χ1n) is 6.48. The predicted molar refractivity (Wildman–Crippen MR) is 73.0 cm³/mol. The molecule has 1 aromatic carbocycles. The molecule has 1 amide bonds. The summed E-state index contributed by atoms with van der Waals surface area (Å²) in [5, 5.41) is 14.5. The normalized spacial score (nSPS) is 20.6. The molecule has 0 bridgehead atoms. The second-order valence-corrected chi connectivity index (χ2v) is 5.27. The molecule has 0 aliphatic heterocycles. The number of halogens is 1. The van der Waals surface area contributed by atoms with E-state index in [2.05, 4.69) is 10.6 Å². The van der Waals surface area contributed by atoms with Crippen molar-refractivity contribution in [2.75, 3.05) is 10.6 Å². The van der Waals surface area contributed by atoms with Gasteiger partial charge in [-0.2, -0.15) is 0 Å². The Labute approximate surface area is 116 Å². The van der Waals surface area contributed by atoms with Crippen LogP contribution in [0, 0.1) is 17.7 Å². The van der Waals surface area contributed by atoms with Crippen LogP contribution < -0.4 is 10.6 Å². The van der Waals surface area contributed by atoms with Gasteiger partial charge >= 0.3 is 5.97 Å². The lowest BCUT2D eigenvalue weighted by atomic mass is 10.2. The topological polar surface area (TPSA) is 78.4 Å². The van der Waals surface area contributed by atoms with Crippen LogP contribution in [0.3, 0.4) is 0 Å². The highest BCUT2D eigenvalue weighted by Crippen LogP contribution is 2.40. The van der Waals surface area contributed by atoms with Gasteiger partial charge in [0.25, 0.3) is 0 Å². The van der Waals surface area contributed by atoms with E-state index in [-0.39, 0.29) is 11.9 Å². The number of carbonyl (C=O) groups excluding carboxylic acids is 1. The van der Waals surface area contributed by atoms with E-state index in [1.54, 1.807) is 6.07 Å². The average Bonchev–Trinajstić information content (AvgIpc) is 3.12. The lowest BCUT2D eigenvalue weighted by molar-refractivity contribution is -0.139. The summed E-state index contributed by atoms with van der Waals surface area (Å²) in [6.45, 7) is 3.85. The Morgan fingerprint density at radius 2 is 2.00 bits per heavy atom. The number of hydrogen-bond acceptors (Lipinski definition) is 3. The summed E-state index contributed by atoms with van der Waals surface area (Å²) in [4.78, 5) is 22.7. The van der Waals surface area contributed by atoms with Crippen molar-refractivity contribution in [2.45, 2.75) is 26.3 Å². The van der Waals surface area contributed by atoms with Crippen molar-refractivity contribution in [1.82, 2.24) is 0 Å². The third-order valence-corrected chi connectivity index (χ3v) is 3.13. The number of carboxylic acids is 1. The fourth-order valence-corrected chi connectivity index (χ4v) is 2.04. The molecule has 0 spiro atoms. The molecule has 0 saturated heterocycles. The molecule has 1 aliphatic rings. The van der Waals surface area contributed by atoms with Gasteiger partial charge in [0.05, 0.1) is 23.2 Å². The van der Waals surface area contributed by atoms with Gasteiger partial charge in [-0.05, 0) is 38.5 Å². The Kier molecular flexibility index (Phi) is 3.92. The smallest absolute Gasteiger partial charge is 0.307 e. The Morgan fingerprint density at radius 1 is 1.30 bits per heavy atom. The fourth-order valence-electron chi connectivity index (χ4n) is 2.04. The zero-order valence-corrected chi connectivity index (χ0v) is 11.3. The molecule has 2 unspecified atom stereocenters. The van der Waals surface area contributed by atoms with Crippen molar-refractivity contribution in [1.29, 1.82) is 0 Å². The van der Waals surface area contributed by atoms with Crippen LogP contribution in [0.1, 0.15) is 20.3 Å². The molecule has 5 nitrogen and oxygen atoms in total. The van der Waals surface area contributed by atoms with E-state index in [0.29, 0.717) is 17.8 Å². The quantitative estimate of drug-likeness (QED) is 0.773. The molecule has 20 heavy (non-hydrogen) atoms. The van der Waals surface area contributed by atoms with Gasteiger partial charge in [-0.3, -0.25) is 9.59 Å². The van der Waals surface area contributed by atoms with Gasteiger partial charge in [0.2, 0.25) is 5.91 Å². The standard InChI is InChI=1S/C14H17FN2O3/c1-7(2)16-11-4-3-8(15)5-12(11)17-13(18)9-6-10(9)14(19)20/h3-5,7,9-10,16H,6H2,1-2H3,(H,17,18)(H,19,20). The summed E-state index contributed by atoms with van der Waals surface area (Å²) in [7, 11) is 0. The third-order valence-electron chi connectivity index (χ3n) is 3.13. The van der Waals surface area contributed by atoms with Crippen LogP contribution in [0.25, 0.3) is 0 Å². The minimum atomic E-state index is -0.968. The molecule has 1 aromatic rings. The minimum Gasteiger partial charge on any atom is -0.481 e. The highest BCUT2D eigenvalue weighted by molar-refractivity contribution is 6.00. The van der Waals surface area contributed by atoms with Crippen LogP contribution in [0.5, 0.6) is 0 Å². The van der Waals surface area contributed by atoms with E-state index < -0.39 is 23.6 Å². The molecule has 108 valence electrons. The number of benzene rings is 1. The summed E-state index contributed by atoms with van der Waals surface area (Å²) in [5.41, 5.74) is 0.946. The van der Waals surface area contributed by atoms with Crippen molar-refractivity contribution in [3.05, 3.63) is 24.0 Å². The van der Waals surface area contributed by atoms with Gasteiger partial charge in [-0.1, -0.05) is 0 Å². The highest BCUT2D eigenvalue weighted by Gasteiger charge is 2.48. The van der Waals surface area contributed by atoms with E-state index in [9.17, 15) is 14.0 Å². The van der Waals surface area contributed by atoms with Gasteiger partial charge in [0.1, 0.15) is 5.82 Å². The molecule has 0 heterocycles. The van der Waals surface area contributed by atoms with Gasteiger partial charge in [0, 0.05) is 6.04 Å². The first-order chi connectivity index (χ1) is 9.38. The van der Waals surface area contributed by atoms with E-state index in [0.717, 1.165) is 0 Å². The molecule has 2 rings (SSSR count). The maximum absolute atomic E-state index is 13.3. The molecule has 3 N–H and O–H groups in total. The van der Waals surface area contributed by atoms with Crippen molar-refractivity contribution in [3.63, 3.8) is 0 Å². The maximum Gasteiger partial charge on any atom is 0.307 e. The van der Waals surface area contributed by atoms with E-state index >= 15 is 0 Å². The molecular weight excluding hydrogens is 263 g/mol. The van der Waals surface area contributed by atoms with Crippen molar-refractivity contribution in [3.8, 4) is 0 Å². The molecular formula is C14H17FN2O3. The summed E-state index contributed by atoms with van der Waals surface area (Å²) < 4.78 is 13.3. The highest BCUT2D eigenvalue weighted by atomic mass is 19.1.